The van der Waals surface area contributed by atoms with Crippen LogP contribution in [0, 0.1) is 5.92 Å². The lowest BCUT2D eigenvalue weighted by Gasteiger charge is -2.45. The van der Waals surface area contributed by atoms with Gasteiger partial charge in [-0.05, 0) is 68.3 Å². The zero-order chi connectivity index (χ0) is 18.8. The first-order valence-electron chi connectivity index (χ1n) is 10.5. The Bertz CT molecular complexity index is 645. The van der Waals surface area contributed by atoms with Gasteiger partial charge in [0.05, 0.1) is 20.8 Å². The molecule has 1 aromatic rings. The Morgan fingerprint density at radius 3 is 2.67 bits per heavy atom. The third-order valence-electron chi connectivity index (χ3n) is 6.72. The third kappa shape index (κ3) is 3.96. The number of hydrogen-bond donors (Lipinski definition) is 0. The molecule has 3 heterocycles. The average Bonchev–Trinajstić information content (AvgIpc) is 3.20. The monoisotopic (exact) mass is 374 g/mol. The number of hydrogen-bond acceptors (Lipinski definition) is 5. The molecule has 3 atom stereocenters. The maximum Gasteiger partial charge on any atom is 0.161 e. The molecule has 150 valence electrons. The SMILES string of the molecule is COc1cc2c(cc1OC)[C@H](C)N([C@H]1CCCN(C[C@@H]3CCOC3)C1)CC2. The van der Waals surface area contributed by atoms with E-state index in [0.717, 1.165) is 43.6 Å². The van der Waals surface area contributed by atoms with E-state index in [-0.39, 0.29) is 0 Å². The van der Waals surface area contributed by atoms with E-state index in [4.69, 9.17) is 14.2 Å². The lowest BCUT2D eigenvalue weighted by Crippen LogP contribution is -2.51. The molecule has 0 aromatic heterocycles. The van der Waals surface area contributed by atoms with Crippen molar-refractivity contribution in [3.8, 4) is 11.5 Å². The highest BCUT2D eigenvalue weighted by atomic mass is 16.5. The van der Waals surface area contributed by atoms with Gasteiger partial charge in [0.1, 0.15) is 0 Å². The second-order valence-corrected chi connectivity index (χ2v) is 8.36. The summed E-state index contributed by atoms with van der Waals surface area (Å²) < 4.78 is 16.6. The predicted octanol–water partition coefficient (Wildman–Crippen LogP) is 3.12. The number of piperidine rings is 1. The van der Waals surface area contributed by atoms with Gasteiger partial charge in [0.15, 0.2) is 11.5 Å². The van der Waals surface area contributed by atoms with Gasteiger partial charge in [-0.1, -0.05) is 0 Å². The lowest BCUT2D eigenvalue weighted by atomic mass is 9.90. The van der Waals surface area contributed by atoms with Crippen molar-refractivity contribution in [3.63, 3.8) is 0 Å². The van der Waals surface area contributed by atoms with Gasteiger partial charge in [-0.15, -0.1) is 0 Å². The maximum atomic E-state index is 5.58. The zero-order valence-corrected chi connectivity index (χ0v) is 17.1. The predicted molar refractivity (Wildman–Crippen MR) is 107 cm³/mol. The van der Waals surface area contributed by atoms with Crippen LogP contribution in [0.4, 0.5) is 0 Å². The number of benzene rings is 1. The Balaban J connectivity index is 1.46. The van der Waals surface area contributed by atoms with Gasteiger partial charge in [0.25, 0.3) is 0 Å². The molecule has 0 bridgehead atoms. The molecule has 1 aromatic carbocycles. The molecular formula is C22H34N2O3. The highest BCUT2D eigenvalue weighted by molar-refractivity contribution is 5.49. The zero-order valence-electron chi connectivity index (χ0n) is 17.1. The minimum atomic E-state index is 0.424. The fourth-order valence-corrected chi connectivity index (χ4v) is 5.22. The first-order valence-corrected chi connectivity index (χ1v) is 10.5. The Morgan fingerprint density at radius 1 is 1.11 bits per heavy atom. The third-order valence-corrected chi connectivity index (χ3v) is 6.72. The molecule has 2 fully saturated rings. The van der Waals surface area contributed by atoms with Crippen LogP contribution < -0.4 is 9.47 Å². The Morgan fingerprint density at radius 2 is 1.93 bits per heavy atom. The molecule has 0 N–H and O–H groups in total. The van der Waals surface area contributed by atoms with Crippen molar-refractivity contribution in [2.24, 2.45) is 5.92 Å². The van der Waals surface area contributed by atoms with Gasteiger partial charge < -0.3 is 19.1 Å². The van der Waals surface area contributed by atoms with E-state index in [2.05, 4.69) is 28.9 Å². The molecule has 2 saturated heterocycles. The fraction of sp³-hybridized carbons (Fsp3) is 0.727. The minimum absolute atomic E-state index is 0.424. The Kier molecular flexibility index (Phi) is 5.90. The summed E-state index contributed by atoms with van der Waals surface area (Å²) in [5.41, 5.74) is 2.81. The quantitative estimate of drug-likeness (QED) is 0.791. The molecule has 4 rings (SSSR count). The molecule has 3 aliphatic rings. The van der Waals surface area contributed by atoms with Crippen LogP contribution in [-0.2, 0) is 11.2 Å². The first kappa shape index (κ1) is 19.0. The van der Waals surface area contributed by atoms with Gasteiger partial charge in [0.2, 0.25) is 0 Å². The molecule has 0 spiro atoms. The highest BCUT2D eigenvalue weighted by Crippen LogP contribution is 2.39. The van der Waals surface area contributed by atoms with Gasteiger partial charge in [0, 0.05) is 38.3 Å². The van der Waals surface area contributed by atoms with Crippen LogP contribution in [0.25, 0.3) is 0 Å². The largest absolute Gasteiger partial charge is 0.493 e. The van der Waals surface area contributed by atoms with E-state index in [9.17, 15) is 0 Å². The maximum absolute atomic E-state index is 5.58. The number of likely N-dealkylation sites (tertiary alicyclic amines) is 1. The standard InChI is InChI=1S/C22H34N2O3/c1-16-20-12-22(26-3)21(25-2)11-18(20)6-9-24(16)19-5-4-8-23(14-19)13-17-7-10-27-15-17/h11-12,16-17,19H,4-10,13-15H2,1-3H3/t16-,17-,19-/m0/s1. The topological polar surface area (TPSA) is 34.2 Å². The summed E-state index contributed by atoms with van der Waals surface area (Å²) in [5, 5.41) is 0. The number of ether oxygens (including phenoxy) is 3. The summed E-state index contributed by atoms with van der Waals surface area (Å²) in [6.45, 7) is 9.05. The van der Waals surface area contributed by atoms with Crippen LogP contribution in [-0.4, -0.2) is 69.5 Å². The van der Waals surface area contributed by atoms with Crippen molar-refractivity contribution in [1.82, 2.24) is 9.80 Å². The molecule has 27 heavy (non-hydrogen) atoms. The van der Waals surface area contributed by atoms with Crippen molar-refractivity contribution in [2.75, 3.05) is 53.6 Å². The molecule has 0 unspecified atom stereocenters. The van der Waals surface area contributed by atoms with Gasteiger partial charge in [-0.25, -0.2) is 0 Å². The van der Waals surface area contributed by atoms with E-state index < -0.39 is 0 Å². The van der Waals surface area contributed by atoms with Crippen LogP contribution >= 0.6 is 0 Å². The Labute approximate surface area is 163 Å². The molecular weight excluding hydrogens is 340 g/mol. The molecule has 5 nitrogen and oxygen atoms in total. The van der Waals surface area contributed by atoms with E-state index in [1.54, 1.807) is 14.2 Å². The molecule has 0 amide bonds. The van der Waals surface area contributed by atoms with Gasteiger partial charge >= 0.3 is 0 Å². The fourth-order valence-electron chi connectivity index (χ4n) is 5.22. The normalized spacial score (nSPS) is 29.5. The number of fused-ring (bicyclic) bond motifs is 1. The first-order chi connectivity index (χ1) is 13.2. The van der Waals surface area contributed by atoms with Crippen molar-refractivity contribution >= 4 is 0 Å². The molecule has 5 heteroatoms. The van der Waals surface area contributed by atoms with Crippen LogP contribution in [0.1, 0.15) is 43.4 Å². The molecule has 0 saturated carbocycles. The summed E-state index contributed by atoms with van der Waals surface area (Å²) in [7, 11) is 3.44. The van der Waals surface area contributed by atoms with Crippen LogP contribution in [0.3, 0.4) is 0 Å². The second-order valence-electron chi connectivity index (χ2n) is 8.36. The second kappa shape index (κ2) is 8.38. The molecule has 0 aliphatic carbocycles. The van der Waals surface area contributed by atoms with Crippen molar-refractivity contribution in [3.05, 3.63) is 23.3 Å². The summed E-state index contributed by atoms with van der Waals surface area (Å²) in [5.74, 6) is 2.43. The van der Waals surface area contributed by atoms with Crippen LogP contribution in [0.2, 0.25) is 0 Å². The Hall–Kier alpha value is -1.30. The molecule has 3 aliphatic heterocycles. The number of rotatable bonds is 5. The summed E-state index contributed by atoms with van der Waals surface area (Å²) in [4.78, 5) is 5.41. The van der Waals surface area contributed by atoms with E-state index in [1.807, 2.05) is 0 Å². The number of methoxy groups -OCH3 is 2. The van der Waals surface area contributed by atoms with E-state index in [1.165, 1.54) is 50.0 Å². The smallest absolute Gasteiger partial charge is 0.161 e. The van der Waals surface area contributed by atoms with Crippen LogP contribution in [0.5, 0.6) is 11.5 Å². The molecule has 0 radical (unpaired) electrons. The van der Waals surface area contributed by atoms with E-state index in [0.29, 0.717) is 12.1 Å². The number of nitrogens with zero attached hydrogens (tertiary/aromatic N) is 2. The average molecular weight is 375 g/mol. The van der Waals surface area contributed by atoms with Crippen molar-refractivity contribution < 1.29 is 14.2 Å². The van der Waals surface area contributed by atoms with Crippen molar-refractivity contribution in [1.29, 1.82) is 0 Å². The summed E-state index contributed by atoms with van der Waals surface area (Å²) >= 11 is 0. The van der Waals surface area contributed by atoms with Gasteiger partial charge in [-0.2, -0.15) is 0 Å². The highest BCUT2D eigenvalue weighted by Gasteiger charge is 2.33. The minimum Gasteiger partial charge on any atom is -0.493 e. The van der Waals surface area contributed by atoms with Gasteiger partial charge in [-0.3, -0.25) is 4.90 Å². The van der Waals surface area contributed by atoms with Crippen molar-refractivity contribution in [2.45, 2.75) is 44.7 Å². The summed E-state index contributed by atoms with van der Waals surface area (Å²) in [6.07, 6.45) is 4.94. The lowest BCUT2D eigenvalue weighted by molar-refractivity contribution is 0.0558. The summed E-state index contributed by atoms with van der Waals surface area (Å²) in [6, 6.07) is 5.45. The van der Waals surface area contributed by atoms with Crippen LogP contribution in [0.15, 0.2) is 12.1 Å². The van der Waals surface area contributed by atoms with E-state index >= 15 is 0 Å².